The lowest BCUT2D eigenvalue weighted by Gasteiger charge is -2.20. The summed E-state index contributed by atoms with van der Waals surface area (Å²) >= 11 is 0. The average Bonchev–Trinajstić information content (AvgIpc) is 0.764. The number of hydrogen-bond donors (Lipinski definition) is 2. The van der Waals surface area contributed by atoms with E-state index in [-0.39, 0.29) is 11.9 Å². The van der Waals surface area contributed by atoms with Crippen molar-refractivity contribution >= 4 is 47.2 Å². The van der Waals surface area contributed by atoms with Gasteiger partial charge in [0.1, 0.15) is 0 Å². The predicted octanol–water partition coefficient (Wildman–Crippen LogP) is 33.1. The molecule has 132 heavy (non-hydrogen) atoms. The molecule has 0 aliphatic carbocycles. The lowest BCUT2D eigenvalue weighted by Crippen LogP contribution is -2.26. The van der Waals surface area contributed by atoms with Crippen molar-refractivity contribution in [2.75, 3.05) is 29.5 Å². The highest BCUT2D eigenvalue weighted by Crippen LogP contribution is 2.29. The topological polar surface area (TPSA) is 94.0 Å². The maximum atomic E-state index is 5.47. The first-order valence-electron chi connectivity index (χ1n) is 48.5. The fraction of sp³-hybridized carbons (Fsp3) is 0.389. The van der Waals surface area contributed by atoms with Gasteiger partial charge in [0, 0.05) is 57.6 Å². The maximum absolute atomic E-state index is 5.47. The average molecular weight is 1760 g/mol. The normalized spacial score (nSPS) is 9.95. The first-order chi connectivity index (χ1) is 64.1. The summed E-state index contributed by atoms with van der Waals surface area (Å²) < 4.78 is 0. The van der Waals surface area contributed by atoms with E-state index in [2.05, 4.69) is 223 Å². The summed E-state index contributed by atoms with van der Waals surface area (Å²) in [7, 11) is 0. The molecule has 8 rings (SSSR count). The Bertz CT molecular complexity index is 4760. The first kappa shape index (κ1) is 119. The Morgan fingerprint density at radius 2 is 0.667 bits per heavy atom. The van der Waals surface area contributed by atoms with Crippen LogP contribution in [0.2, 0.25) is 0 Å². The molecule has 0 radical (unpaired) electrons. The molecule has 698 valence electrons. The van der Waals surface area contributed by atoms with Gasteiger partial charge >= 0.3 is 0 Å². The zero-order valence-electron chi connectivity index (χ0n) is 84.0. The van der Waals surface area contributed by atoms with Crippen molar-refractivity contribution in [1.82, 2.24) is 15.0 Å². The molecule has 2 unspecified atom stereocenters. The number of nitrogen functional groups attached to an aromatic ring is 2. The Morgan fingerprint density at radius 1 is 0.364 bits per heavy atom. The maximum Gasteiger partial charge on any atom is 0.232 e. The Balaban J connectivity index is 0.00000157. The van der Waals surface area contributed by atoms with Gasteiger partial charge < -0.3 is 16.4 Å². The highest BCUT2D eigenvalue weighted by atomic mass is 15.3. The number of aryl methyl sites for hydroxylation is 2. The van der Waals surface area contributed by atoms with Gasteiger partial charge in [-0.15, -0.1) is 69.1 Å². The summed E-state index contributed by atoms with van der Waals surface area (Å²) in [4.78, 5) is 13.5. The van der Waals surface area contributed by atoms with Crippen LogP contribution >= 0.6 is 0 Å². The van der Waals surface area contributed by atoms with Crippen molar-refractivity contribution in [1.29, 1.82) is 0 Å². The summed E-state index contributed by atoms with van der Waals surface area (Å²) in [6, 6.07) is 50.5. The lowest BCUT2D eigenvalue weighted by atomic mass is 9.85. The molecule has 2 atom stereocenters. The number of nitrogens with zero attached hydrogens (tertiary/aromatic N) is 4. The van der Waals surface area contributed by atoms with E-state index in [1.807, 2.05) is 175 Å². The fourth-order valence-electron chi connectivity index (χ4n) is 14.1. The van der Waals surface area contributed by atoms with E-state index in [0.29, 0.717) is 19.0 Å². The van der Waals surface area contributed by atoms with Crippen molar-refractivity contribution in [3.8, 4) is 96.7 Å². The molecule has 0 fully saturated rings. The van der Waals surface area contributed by atoms with Gasteiger partial charge in [0.05, 0.1) is 0 Å². The fourth-order valence-corrected chi connectivity index (χ4v) is 14.1. The molecule has 1 heterocycles. The molecule has 0 aliphatic heterocycles. The van der Waals surface area contributed by atoms with Crippen LogP contribution < -0.4 is 16.4 Å². The monoisotopic (exact) mass is 1760 g/mol. The van der Waals surface area contributed by atoms with E-state index in [4.69, 9.17) is 37.2 Å². The van der Waals surface area contributed by atoms with Crippen LogP contribution in [-0.4, -0.2) is 28.0 Å². The SMILES string of the molecule is C#Cc1ccc(C#C)cc1.C#Cc1cccc(C#C)c1.C=C(C)c1cccc(C(=C)C)c1.C=CC.C=CCN(CC=C)c1nc(N)nc(N)n1.C=Cc1ccc(C=C)cc1.C=Cc1ccccc1.CC#Cc1cc(CC(CC)CCCC)c(C#CC)cc1CC(CC)CCCC.CC#Cc1cc(CCCCCCCCCCCC)c(C#CC)cc1CCCCCCCCCCCC. The molecule has 1 aromatic heterocycles. The van der Waals surface area contributed by atoms with Gasteiger partial charge in [0.15, 0.2) is 0 Å². The lowest BCUT2D eigenvalue weighted by molar-refractivity contribution is 0.446. The van der Waals surface area contributed by atoms with Gasteiger partial charge in [0.2, 0.25) is 17.8 Å². The summed E-state index contributed by atoms with van der Waals surface area (Å²) in [5, 5.41) is 0. The molecule has 4 N–H and O–H groups in total. The highest BCUT2D eigenvalue weighted by Gasteiger charge is 2.17. The molecular formula is C126H164N6. The van der Waals surface area contributed by atoms with Gasteiger partial charge in [-0.3, -0.25) is 0 Å². The first-order valence-corrected chi connectivity index (χ1v) is 48.5. The number of benzene rings is 7. The van der Waals surface area contributed by atoms with Crippen molar-refractivity contribution < 1.29 is 0 Å². The minimum Gasteiger partial charge on any atom is -0.368 e. The molecule has 6 heteroatoms. The van der Waals surface area contributed by atoms with E-state index in [1.54, 1.807) is 24.3 Å². The molecule has 0 spiro atoms. The zero-order chi connectivity index (χ0) is 98.0. The quantitative estimate of drug-likeness (QED) is 0.0225. The van der Waals surface area contributed by atoms with Crippen molar-refractivity contribution in [3.63, 3.8) is 0 Å². The molecule has 0 bridgehead atoms. The van der Waals surface area contributed by atoms with Crippen molar-refractivity contribution in [2.45, 2.75) is 295 Å². The molecule has 0 amide bonds. The second-order valence-electron chi connectivity index (χ2n) is 32.7. The summed E-state index contributed by atoms with van der Waals surface area (Å²) in [5.74, 6) is 38.4. The molecule has 7 aromatic carbocycles. The predicted molar refractivity (Wildman–Crippen MR) is 589 cm³/mol. The Kier molecular flexibility index (Phi) is 72.7. The van der Waals surface area contributed by atoms with Crippen LogP contribution in [0.5, 0.6) is 0 Å². The van der Waals surface area contributed by atoms with E-state index < -0.39 is 0 Å². The summed E-state index contributed by atoms with van der Waals surface area (Å²) in [6.45, 7) is 58.1. The number of terminal acetylenes is 4. The van der Waals surface area contributed by atoms with Crippen LogP contribution in [0.25, 0.3) is 29.4 Å². The molecule has 8 aromatic rings. The number of allylic oxidation sites excluding steroid dienone is 3. The third-order valence-electron chi connectivity index (χ3n) is 21.7. The number of anilines is 3. The van der Waals surface area contributed by atoms with Crippen LogP contribution in [0.1, 0.15) is 364 Å². The number of aromatic nitrogens is 3. The van der Waals surface area contributed by atoms with E-state index in [1.165, 1.54) is 241 Å². The Labute approximate surface area is 807 Å². The smallest absolute Gasteiger partial charge is 0.232 e. The highest BCUT2D eigenvalue weighted by molar-refractivity contribution is 5.69. The Hall–Kier alpha value is -12.7. The molecular weight excluding hydrogens is 1600 g/mol. The van der Waals surface area contributed by atoms with Crippen LogP contribution in [0.15, 0.2) is 223 Å². The van der Waals surface area contributed by atoms with Gasteiger partial charge in [-0.1, -0.05) is 415 Å². The molecule has 0 saturated heterocycles. The van der Waals surface area contributed by atoms with E-state index in [0.717, 1.165) is 82.0 Å². The standard InChI is InChI=1S/C36H58.C28H42.C12H14.C10H10.2C10H6.C9H14N6.C8H8.C3H6/c1-5-9-11-13-15-17-19-21-23-25-29-35-31-34(28-8-4)36(32-33(35)27-7-3)30-26-24-22-20-18-16-14-12-10-6-2;1-7-13-17-23(11-5)19-27-21-26(16-10-4)28(22-25(27)15-9-3)20-24(12-6)18-14-8-2;1-9(2)11-6-5-7-12(8-11)10(3)4;2*1-3-9-5-7-10(4-2)8-6-9;1-3-9-6-5-7-10(4-2)8-9;1-3-5-15(6-4-2)9-13-7(10)12-8(11)14-9;1-2-8-6-4-3-5-7-8;1-3-2/h31-32H,5-6,9-26,29-30H2,1-4H3;21-24H,7-8,11-14,17-20H2,1-6H3;5-8H,1,3H2,2,4H3;3-8H,1-2H2;2*1-2,5-8H;3-4H,1-2,5-6H2,(H4,10,11,12,13,14);2-7H,1H2;3H,1H2,2H3. The van der Waals surface area contributed by atoms with Gasteiger partial charge in [0.25, 0.3) is 0 Å². The third-order valence-corrected chi connectivity index (χ3v) is 21.7. The zero-order valence-corrected chi connectivity index (χ0v) is 84.0. The molecule has 0 saturated carbocycles. The van der Waals surface area contributed by atoms with Gasteiger partial charge in [-0.25, -0.2) is 0 Å². The number of nitrogens with two attached hydrogens (primary N) is 2. The largest absolute Gasteiger partial charge is 0.368 e. The van der Waals surface area contributed by atoms with Gasteiger partial charge in [-0.2, -0.15) is 15.0 Å². The third kappa shape index (κ3) is 56.7. The van der Waals surface area contributed by atoms with Crippen LogP contribution in [0, 0.1) is 109 Å². The van der Waals surface area contributed by atoms with E-state index >= 15 is 0 Å². The van der Waals surface area contributed by atoms with Crippen LogP contribution in [-0.2, 0) is 25.7 Å². The summed E-state index contributed by atoms with van der Waals surface area (Å²) in [6.07, 6.45) is 73.8. The second kappa shape index (κ2) is 80.4. The van der Waals surface area contributed by atoms with E-state index in [9.17, 15) is 0 Å². The van der Waals surface area contributed by atoms with Crippen LogP contribution in [0.4, 0.5) is 17.8 Å². The van der Waals surface area contributed by atoms with Crippen LogP contribution in [0.3, 0.4) is 0 Å². The van der Waals surface area contributed by atoms with Crippen molar-refractivity contribution in [2.24, 2.45) is 11.8 Å². The Morgan fingerprint density at radius 3 is 0.955 bits per heavy atom. The number of hydrogen-bond acceptors (Lipinski definition) is 6. The summed E-state index contributed by atoms with van der Waals surface area (Å²) in [5.41, 5.74) is 32.9. The van der Waals surface area contributed by atoms with Crippen molar-refractivity contribution in [3.05, 3.63) is 317 Å². The number of rotatable bonds is 44. The minimum atomic E-state index is 0.107. The minimum absolute atomic E-state index is 0.107. The molecule has 6 nitrogen and oxygen atoms in total. The molecule has 0 aliphatic rings. The number of unbranched alkanes of at least 4 members (excludes halogenated alkanes) is 20. The van der Waals surface area contributed by atoms with Gasteiger partial charge in [-0.05, 0) is 222 Å². The second-order valence-corrected chi connectivity index (χ2v) is 32.7.